The highest BCUT2D eigenvalue weighted by Crippen LogP contribution is 2.27. The van der Waals surface area contributed by atoms with E-state index >= 15 is 0 Å². The average Bonchev–Trinajstić information content (AvgIpc) is 3.03. The van der Waals surface area contributed by atoms with Gasteiger partial charge >= 0.3 is 0 Å². The van der Waals surface area contributed by atoms with Crippen LogP contribution in [0.15, 0.2) is 48.8 Å². The third kappa shape index (κ3) is 4.44. The van der Waals surface area contributed by atoms with Gasteiger partial charge in [-0.1, -0.05) is 13.0 Å². The van der Waals surface area contributed by atoms with Crippen molar-refractivity contribution in [3.63, 3.8) is 0 Å². The van der Waals surface area contributed by atoms with Gasteiger partial charge in [0.25, 0.3) is 17.5 Å². The molecule has 0 saturated carbocycles. The lowest BCUT2D eigenvalue weighted by atomic mass is 10.1. The van der Waals surface area contributed by atoms with Crippen LogP contribution in [0.25, 0.3) is 0 Å². The first-order valence-corrected chi connectivity index (χ1v) is 10.4. The third-order valence-corrected chi connectivity index (χ3v) is 5.31. The Balaban J connectivity index is 1.50. The summed E-state index contributed by atoms with van der Waals surface area (Å²) >= 11 is 0. The molecule has 1 aliphatic heterocycles. The Labute approximate surface area is 194 Å². The average molecular weight is 460 g/mol. The molecular weight excluding hydrogens is 440 g/mol. The summed E-state index contributed by atoms with van der Waals surface area (Å²) in [6.45, 7) is 3.26. The van der Waals surface area contributed by atoms with Crippen LogP contribution in [0.2, 0.25) is 0 Å². The standard InChI is InChI=1S/C23H20N6O5/c1-3-14-4-5-15(26-20-8-13(2)24-12-25-20)9-19(14)27-21(30)11-28-22(31)17-7-6-16(29(33)34)10-18(17)23(28)32/h4-10,12H,3,11H2,1-2H3,(H,27,30)(H,24,25,26). The first kappa shape index (κ1) is 22.5. The molecule has 3 aromatic rings. The van der Waals surface area contributed by atoms with E-state index in [1.165, 1.54) is 12.4 Å². The van der Waals surface area contributed by atoms with Crippen LogP contribution in [0.5, 0.6) is 0 Å². The molecule has 2 aromatic carbocycles. The summed E-state index contributed by atoms with van der Waals surface area (Å²) in [5, 5.41) is 16.9. The number of nitrogens with one attached hydrogen (secondary N) is 2. The van der Waals surface area contributed by atoms with Gasteiger partial charge in [0.2, 0.25) is 5.91 Å². The number of amides is 3. The predicted molar refractivity (Wildman–Crippen MR) is 123 cm³/mol. The highest BCUT2D eigenvalue weighted by molar-refractivity contribution is 6.23. The van der Waals surface area contributed by atoms with Crippen molar-refractivity contribution < 1.29 is 19.3 Å². The lowest BCUT2D eigenvalue weighted by Crippen LogP contribution is -2.37. The third-order valence-electron chi connectivity index (χ3n) is 5.31. The number of imide groups is 1. The highest BCUT2D eigenvalue weighted by Gasteiger charge is 2.37. The number of hydrogen-bond acceptors (Lipinski definition) is 8. The number of nitro groups is 1. The number of non-ortho nitro benzene ring substituents is 1. The smallest absolute Gasteiger partial charge is 0.270 e. The molecule has 1 aliphatic rings. The minimum Gasteiger partial charge on any atom is -0.340 e. The molecular formula is C23H20N6O5. The maximum Gasteiger partial charge on any atom is 0.270 e. The van der Waals surface area contributed by atoms with Crippen LogP contribution in [0.1, 0.15) is 38.9 Å². The van der Waals surface area contributed by atoms with Crippen molar-refractivity contribution in [3.8, 4) is 0 Å². The molecule has 3 amide bonds. The number of rotatable bonds is 7. The molecule has 0 aliphatic carbocycles. The first-order chi connectivity index (χ1) is 16.3. The normalized spacial score (nSPS) is 12.5. The highest BCUT2D eigenvalue weighted by atomic mass is 16.6. The van der Waals surface area contributed by atoms with Gasteiger partial charge in [-0.3, -0.25) is 29.4 Å². The molecule has 0 fully saturated rings. The fourth-order valence-corrected chi connectivity index (χ4v) is 3.62. The monoisotopic (exact) mass is 460 g/mol. The summed E-state index contributed by atoms with van der Waals surface area (Å²) in [6, 6.07) is 10.6. The summed E-state index contributed by atoms with van der Waals surface area (Å²) in [6.07, 6.45) is 2.08. The lowest BCUT2D eigenvalue weighted by Gasteiger charge is -2.16. The number of carbonyl (C=O) groups excluding carboxylic acids is 3. The Morgan fingerprint density at radius 1 is 1.06 bits per heavy atom. The summed E-state index contributed by atoms with van der Waals surface area (Å²) in [7, 11) is 0. The van der Waals surface area contributed by atoms with E-state index in [0.29, 0.717) is 23.6 Å². The zero-order valence-corrected chi connectivity index (χ0v) is 18.4. The zero-order chi connectivity index (χ0) is 24.4. The van der Waals surface area contributed by atoms with Crippen LogP contribution in [-0.2, 0) is 11.2 Å². The fourth-order valence-electron chi connectivity index (χ4n) is 3.62. The van der Waals surface area contributed by atoms with Gasteiger partial charge in [0.1, 0.15) is 18.7 Å². The second-order valence-electron chi connectivity index (χ2n) is 7.63. The van der Waals surface area contributed by atoms with Crippen LogP contribution < -0.4 is 10.6 Å². The molecule has 1 aromatic heterocycles. The Kier molecular flexibility index (Phi) is 6.00. The molecule has 11 nitrogen and oxygen atoms in total. The molecule has 2 N–H and O–H groups in total. The van der Waals surface area contributed by atoms with E-state index < -0.39 is 29.2 Å². The van der Waals surface area contributed by atoms with Gasteiger partial charge < -0.3 is 10.6 Å². The molecule has 0 atom stereocenters. The quantitative estimate of drug-likeness (QED) is 0.310. The van der Waals surface area contributed by atoms with Crippen molar-refractivity contribution in [1.29, 1.82) is 0 Å². The van der Waals surface area contributed by atoms with Crippen molar-refractivity contribution in [2.24, 2.45) is 0 Å². The van der Waals surface area contributed by atoms with Gasteiger partial charge in [-0.05, 0) is 37.1 Å². The molecule has 0 spiro atoms. The minimum absolute atomic E-state index is 0.0315. The van der Waals surface area contributed by atoms with Gasteiger partial charge in [0.05, 0.1) is 16.1 Å². The lowest BCUT2D eigenvalue weighted by molar-refractivity contribution is -0.384. The van der Waals surface area contributed by atoms with Gasteiger partial charge in [-0.25, -0.2) is 9.97 Å². The molecule has 172 valence electrons. The SMILES string of the molecule is CCc1ccc(Nc2cc(C)ncn2)cc1NC(=O)CN1C(=O)c2ccc([N+](=O)[O-])cc2C1=O. The van der Waals surface area contributed by atoms with Crippen molar-refractivity contribution in [2.75, 3.05) is 17.2 Å². The molecule has 4 rings (SSSR count). The number of aryl methyl sites for hydroxylation is 2. The van der Waals surface area contributed by atoms with Crippen LogP contribution in [0.3, 0.4) is 0 Å². The maximum absolute atomic E-state index is 12.8. The van der Waals surface area contributed by atoms with Crippen LogP contribution in [-0.4, -0.2) is 44.1 Å². The Bertz CT molecular complexity index is 1340. The Hall–Kier alpha value is -4.67. The van der Waals surface area contributed by atoms with E-state index in [9.17, 15) is 24.5 Å². The maximum atomic E-state index is 12.8. The van der Waals surface area contributed by atoms with E-state index in [1.807, 2.05) is 26.0 Å². The van der Waals surface area contributed by atoms with Crippen molar-refractivity contribution >= 4 is 40.6 Å². The van der Waals surface area contributed by atoms with Gasteiger partial charge in [-0.2, -0.15) is 0 Å². The second kappa shape index (κ2) is 9.06. The van der Waals surface area contributed by atoms with Gasteiger partial charge in [-0.15, -0.1) is 0 Å². The number of nitro benzene ring substituents is 1. The second-order valence-corrected chi connectivity index (χ2v) is 7.63. The number of fused-ring (bicyclic) bond motifs is 1. The Morgan fingerprint density at radius 3 is 2.53 bits per heavy atom. The number of nitrogens with zero attached hydrogens (tertiary/aromatic N) is 4. The topological polar surface area (TPSA) is 147 Å². The molecule has 0 bridgehead atoms. The van der Waals surface area contributed by atoms with Crippen molar-refractivity contribution in [3.05, 3.63) is 81.3 Å². The molecule has 0 saturated heterocycles. The summed E-state index contributed by atoms with van der Waals surface area (Å²) in [5.41, 5.74) is 2.49. The van der Waals surface area contributed by atoms with Crippen LogP contribution in [0, 0.1) is 17.0 Å². The molecule has 2 heterocycles. The number of carbonyl (C=O) groups is 3. The predicted octanol–water partition coefficient (Wildman–Crippen LogP) is 3.23. The van der Waals surface area contributed by atoms with Crippen molar-refractivity contribution in [2.45, 2.75) is 20.3 Å². The Morgan fingerprint density at radius 2 is 1.82 bits per heavy atom. The number of benzene rings is 2. The van der Waals surface area contributed by atoms with Gasteiger partial charge in [0, 0.05) is 35.3 Å². The summed E-state index contributed by atoms with van der Waals surface area (Å²) < 4.78 is 0. The van der Waals surface area contributed by atoms with E-state index in [1.54, 1.807) is 12.1 Å². The van der Waals surface area contributed by atoms with E-state index in [2.05, 4.69) is 20.6 Å². The van der Waals surface area contributed by atoms with E-state index in [0.717, 1.165) is 28.3 Å². The largest absolute Gasteiger partial charge is 0.340 e. The molecule has 34 heavy (non-hydrogen) atoms. The van der Waals surface area contributed by atoms with Crippen LogP contribution in [0.4, 0.5) is 22.9 Å². The number of hydrogen-bond donors (Lipinski definition) is 2. The summed E-state index contributed by atoms with van der Waals surface area (Å²) in [5.74, 6) is -1.40. The van der Waals surface area contributed by atoms with E-state index in [4.69, 9.17) is 0 Å². The fraction of sp³-hybridized carbons (Fsp3) is 0.174. The first-order valence-electron chi connectivity index (χ1n) is 10.4. The summed E-state index contributed by atoms with van der Waals surface area (Å²) in [4.78, 5) is 57.4. The van der Waals surface area contributed by atoms with Gasteiger partial charge in [0.15, 0.2) is 0 Å². The van der Waals surface area contributed by atoms with E-state index in [-0.39, 0.29) is 16.8 Å². The number of aromatic nitrogens is 2. The van der Waals surface area contributed by atoms with Crippen LogP contribution >= 0.6 is 0 Å². The minimum atomic E-state index is -0.746. The molecule has 0 radical (unpaired) electrons. The zero-order valence-electron chi connectivity index (χ0n) is 18.4. The molecule has 11 heteroatoms. The molecule has 0 unspecified atom stereocenters. The van der Waals surface area contributed by atoms with Crippen molar-refractivity contribution in [1.82, 2.24) is 14.9 Å². The number of anilines is 3.